The van der Waals surface area contributed by atoms with Crippen LogP contribution in [-0.4, -0.2) is 64.1 Å². The maximum absolute atomic E-state index is 12.6. The van der Waals surface area contributed by atoms with E-state index in [0.717, 1.165) is 21.8 Å². The van der Waals surface area contributed by atoms with E-state index in [0.29, 0.717) is 42.9 Å². The lowest BCUT2D eigenvalue weighted by Gasteiger charge is -2.26. The fraction of sp³-hybridized carbons (Fsp3) is 0.227. The molecular formula is C22H18BrN5O4S. The number of furan rings is 1. The van der Waals surface area contributed by atoms with Gasteiger partial charge in [-0.2, -0.15) is 15.1 Å². The van der Waals surface area contributed by atoms with Crippen molar-refractivity contribution in [2.45, 2.75) is 6.42 Å². The molecule has 0 atom stereocenters. The van der Waals surface area contributed by atoms with Crippen LogP contribution in [0.25, 0.3) is 17.4 Å². The molecule has 0 saturated carbocycles. The molecule has 2 amide bonds. The first-order valence-electron chi connectivity index (χ1n) is 10.2. The molecule has 168 valence electrons. The zero-order chi connectivity index (χ0) is 22.9. The Morgan fingerprint density at radius 3 is 2.70 bits per heavy atom. The number of amidine groups is 2. The molecule has 1 fully saturated rings. The van der Waals surface area contributed by atoms with Crippen LogP contribution in [0.3, 0.4) is 0 Å². The third-order valence-electron chi connectivity index (χ3n) is 5.20. The van der Waals surface area contributed by atoms with Crippen molar-refractivity contribution in [1.82, 2.24) is 9.91 Å². The van der Waals surface area contributed by atoms with Gasteiger partial charge in [0.1, 0.15) is 16.6 Å². The summed E-state index contributed by atoms with van der Waals surface area (Å²) in [5.41, 5.74) is 0.962. The summed E-state index contributed by atoms with van der Waals surface area (Å²) >= 11 is 4.54. The van der Waals surface area contributed by atoms with Gasteiger partial charge in [0.2, 0.25) is 11.1 Å². The number of halogens is 1. The van der Waals surface area contributed by atoms with Crippen molar-refractivity contribution in [3.8, 4) is 11.3 Å². The van der Waals surface area contributed by atoms with E-state index in [-0.39, 0.29) is 28.9 Å². The van der Waals surface area contributed by atoms with Gasteiger partial charge in [-0.1, -0.05) is 28.1 Å². The van der Waals surface area contributed by atoms with E-state index < -0.39 is 5.91 Å². The number of morpholine rings is 1. The smallest absolute Gasteiger partial charge is 0.283 e. The third-order valence-corrected chi connectivity index (χ3v) is 6.64. The number of nitrogens with one attached hydrogen (secondary N) is 1. The molecule has 11 heteroatoms. The van der Waals surface area contributed by atoms with Crippen LogP contribution in [0, 0.1) is 5.41 Å². The van der Waals surface area contributed by atoms with Gasteiger partial charge in [0.05, 0.1) is 25.2 Å². The van der Waals surface area contributed by atoms with Crippen molar-refractivity contribution in [2.75, 3.05) is 26.3 Å². The summed E-state index contributed by atoms with van der Waals surface area (Å²) in [5.74, 6) is 0.365. The average molecular weight is 528 g/mol. The molecule has 2 aromatic rings. The van der Waals surface area contributed by atoms with Crippen LogP contribution in [-0.2, 0) is 14.3 Å². The van der Waals surface area contributed by atoms with Gasteiger partial charge in [-0.25, -0.2) is 0 Å². The van der Waals surface area contributed by atoms with Gasteiger partial charge in [0.15, 0.2) is 5.84 Å². The largest absolute Gasteiger partial charge is 0.457 e. The Balaban J connectivity index is 1.33. The van der Waals surface area contributed by atoms with Crippen molar-refractivity contribution in [2.24, 2.45) is 10.1 Å². The van der Waals surface area contributed by atoms with Crippen LogP contribution in [0.4, 0.5) is 0 Å². The second-order valence-corrected chi connectivity index (χ2v) is 9.35. The maximum Gasteiger partial charge on any atom is 0.283 e. The Labute approximate surface area is 201 Å². The predicted molar refractivity (Wildman–Crippen MR) is 129 cm³/mol. The number of aliphatic imine (C=N–C) groups is 1. The van der Waals surface area contributed by atoms with Gasteiger partial charge in [-0.05, 0) is 42.1 Å². The topological polar surface area (TPSA) is 112 Å². The number of ether oxygens (including phenoxy) is 1. The SMILES string of the molecule is N=C1C(=Cc2ccc(-c3ccc(Br)cc3)o2)C(=O)N=C2SC(CC(=O)N3CCOCC3)=NN12. The minimum Gasteiger partial charge on any atom is -0.457 e. The summed E-state index contributed by atoms with van der Waals surface area (Å²) < 4.78 is 12.1. The van der Waals surface area contributed by atoms with Gasteiger partial charge < -0.3 is 14.1 Å². The van der Waals surface area contributed by atoms with Crippen molar-refractivity contribution < 1.29 is 18.7 Å². The molecule has 1 aromatic carbocycles. The minimum atomic E-state index is -0.545. The Morgan fingerprint density at radius 1 is 1.18 bits per heavy atom. The van der Waals surface area contributed by atoms with Gasteiger partial charge in [-0.15, -0.1) is 0 Å². The molecule has 0 radical (unpaired) electrons. The number of nitrogens with zero attached hydrogens (tertiary/aromatic N) is 4. The Hall–Kier alpha value is -3.02. The fourth-order valence-electron chi connectivity index (χ4n) is 3.50. The molecule has 1 saturated heterocycles. The summed E-state index contributed by atoms with van der Waals surface area (Å²) in [4.78, 5) is 30.9. The van der Waals surface area contributed by atoms with E-state index in [9.17, 15) is 9.59 Å². The number of carbonyl (C=O) groups is 2. The highest BCUT2D eigenvalue weighted by Crippen LogP contribution is 2.31. The molecule has 9 nitrogen and oxygen atoms in total. The number of carbonyl (C=O) groups excluding carboxylic acids is 2. The summed E-state index contributed by atoms with van der Waals surface area (Å²) in [6, 6.07) is 11.2. The lowest BCUT2D eigenvalue weighted by Crippen LogP contribution is -2.41. The van der Waals surface area contributed by atoms with Gasteiger partial charge in [0, 0.05) is 23.1 Å². The molecule has 4 heterocycles. The molecule has 1 N–H and O–H groups in total. The van der Waals surface area contributed by atoms with E-state index in [4.69, 9.17) is 14.6 Å². The van der Waals surface area contributed by atoms with Gasteiger partial charge in [-0.3, -0.25) is 15.0 Å². The number of amides is 2. The number of hydrogen-bond acceptors (Lipinski definition) is 7. The third kappa shape index (κ3) is 4.56. The van der Waals surface area contributed by atoms with E-state index in [1.165, 1.54) is 11.1 Å². The zero-order valence-electron chi connectivity index (χ0n) is 17.3. The van der Waals surface area contributed by atoms with Crippen LogP contribution in [0.2, 0.25) is 0 Å². The highest BCUT2D eigenvalue weighted by Gasteiger charge is 2.36. The number of thioether (sulfide) groups is 1. The predicted octanol–water partition coefficient (Wildman–Crippen LogP) is 3.58. The van der Waals surface area contributed by atoms with Crippen molar-refractivity contribution in [3.63, 3.8) is 0 Å². The quantitative estimate of drug-likeness (QED) is 0.608. The van der Waals surface area contributed by atoms with E-state index >= 15 is 0 Å². The summed E-state index contributed by atoms with van der Waals surface area (Å²) in [6.07, 6.45) is 1.58. The van der Waals surface area contributed by atoms with Crippen LogP contribution in [0.1, 0.15) is 12.2 Å². The highest BCUT2D eigenvalue weighted by atomic mass is 79.9. The van der Waals surface area contributed by atoms with Crippen LogP contribution in [0.5, 0.6) is 0 Å². The highest BCUT2D eigenvalue weighted by molar-refractivity contribution is 9.10. The van der Waals surface area contributed by atoms with Crippen LogP contribution in [0.15, 0.2) is 61.0 Å². The van der Waals surface area contributed by atoms with Crippen molar-refractivity contribution in [3.05, 3.63) is 52.2 Å². The summed E-state index contributed by atoms with van der Waals surface area (Å²) in [5, 5.41) is 14.9. The molecule has 33 heavy (non-hydrogen) atoms. The Kier molecular flexibility index (Phi) is 6.00. The second kappa shape index (κ2) is 9.08. The lowest BCUT2D eigenvalue weighted by atomic mass is 10.1. The molecule has 0 aliphatic carbocycles. The van der Waals surface area contributed by atoms with E-state index in [2.05, 4.69) is 26.0 Å². The molecule has 0 spiro atoms. The van der Waals surface area contributed by atoms with Gasteiger partial charge >= 0.3 is 0 Å². The normalized spacial score (nSPS) is 19.6. The average Bonchev–Trinajstić information content (AvgIpc) is 3.45. The molecule has 3 aliphatic rings. The zero-order valence-corrected chi connectivity index (χ0v) is 19.7. The van der Waals surface area contributed by atoms with Crippen LogP contribution < -0.4 is 0 Å². The number of fused-ring (bicyclic) bond motifs is 1. The Morgan fingerprint density at radius 2 is 1.94 bits per heavy atom. The minimum absolute atomic E-state index is 0.0605. The Bertz CT molecular complexity index is 1230. The second-order valence-electron chi connectivity index (χ2n) is 7.39. The number of benzene rings is 1. The fourth-order valence-corrected chi connectivity index (χ4v) is 4.64. The molecule has 0 unspecified atom stereocenters. The summed E-state index contributed by atoms with van der Waals surface area (Å²) in [7, 11) is 0. The number of hydrazone groups is 1. The van der Waals surface area contributed by atoms with Gasteiger partial charge in [0.25, 0.3) is 5.91 Å². The number of hydrogen-bond donors (Lipinski definition) is 1. The van der Waals surface area contributed by atoms with E-state index in [1.54, 1.807) is 17.0 Å². The standard InChI is InChI=1S/C22H18BrN5O4S/c23-14-3-1-13(2-4-14)17-6-5-15(32-17)11-16-20(24)28-22(25-21(16)30)33-18(26-28)12-19(29)27-7-9-31-10-8-27/h1-6,11,24H,7-10,12H2. The molecular weight excluding hydrogens is 510 g/mol. The van der Waals surface area contributed by atoms with Crippen molar-refractivity contribution >= 4 is 61.6 Å². The first kappa shape index (κ1) is 21.8. The van der Waals surface area contributed by atoms with Crippen LogP contribution >= 0.6 is 27.7 Å². The number of rotatable bonds is 4. The monoisotopic (exact) mass is 527 g/mol. The van der Waals surface area contributed by atoms with E-state index in [1.807, 2.05) is 24.3 Å². The first-order valence-corrected chi connectivity index (χ1v) is 11.8. The molecule has 3 aliphatic heterocycles. The van der Waals surface area contributed by atoms with Crippen molar-refractivity contribution in [1.29, 1.82) is 5.41 Å². The molecule has 5 rings (SSSR count). The summed E-state index contributed by atoms with van der Waals surface area (Å²) in [6.45, 7) is 2.14. The first-order chi connectivity index (χ1) is 16.0. The maximum atomic E-state index is 12.6. The molecule has 0 bridgehead atoms. The molecule has 1 aromatic heterocycles. The lowest BCUT2D eigenvalue weighted by molar-refractivity contribution is -0.133.